The number of carboxylic acids is 1. The summed E-state index contributed by atoms with van der Waals surface area (Å²) in [6, 6.07) is 11.6. The van der Waals surface area contributed by atoms with Crippen LogP contribution in [-0.2, 0) is 4.74 Å². The number of carbonyl (C=O) groups is 2. The first kappa shape index (κ1) is 18.2. The Bertz CT molecular complexity index is 999. The number of hydrogen-bond donors (Lipinski definition) is 2. The second kappa shape index (κ2) is 7.74. The molecule has 0 bridgehead atoms. The molecule has 27 heavy (non-hydrogen) atoms. The summed E-state index contributed by atoms with van der Waals surface area (Å²) >= 11 is 0. The second-order valence-corrected chi connectivity index (χ2v) is 5.63. The molecular formula is C20H18N2O5. The maximum absolute atomic E-state index is 12.4. The largest absolute Gasteiger partial charge is 0.494 e. The molecule has 0 aliphatic carbocycles. The zero-order valence-electron chi connectivity index (χ0n) is 14.9. The summed E-state index contributed by atoms with van der Waals surface area (Å²) in [6.45, 7) is 1.97. The van der Waals surface area contributed by atoms with Crippen molar-refractivity contribution in [1.82, 2.24) is 4.98 Å². The zero-order valence-corrected chi connectivity index (χ0v) is 14.9. The lowest BCUT2D eigenvalue weighted by Gasteiger charge is -2.15. The lowest BCUT2D eigenvalue weighted by atomic mass is 10.1. The minimum atomic E-state index is -1.01. The molecule has 0 unspecified atom stereocenters. The van der Waals surface area contributed by atoms with Crippen molar-refractivity contribution >= 4 is 34.2 Å². The quantitative estimate of drug-likeness (QED) is 0.639. The number of methoxy groups -OCH3 is 1. The number of nitrogens with zero attached hydrogens (tertiary/aromatic N) is 1. The minimum absolute atomic E-state index is 0.174. The third-order valence-corrected chi connectivity index (χ3v) is 3.98. The third-order valence-electron chi connectivity index (χ3n) is 3.98. The highest BCUT2D eigenvalue weighted by Crippen LogP contribution is 2.33. The number of rotatable bonds is 6. The van der Waals surface area contributed by atoms with E-state index in [1.807, 2.05) is 6.07 Å². The summed E-state index contributed by atoms with van der Waals surface area (Å²) in [5.41, 5.74) is 2.19. The Hall–Kier alpha value is -3.61. The normalized spacial score (nSPS) is 10.4. The van der Waals surface area contributed by atoms with E-state index in [4.69, 9.17) is 14.6 Å². The average molecular weight is 366 g/mol. The fourth-order valence-electron chi connectivity index (χ4n) is 2.70. The summed E-state index contributed by atoms with van der Waals surface area (Å²) in [7, 11) is 1.55. The SMILES string of the molecule is CCOC(=O)c1cnc2c(OC)cccc2c1Nc1ccc(C(=O)O)cc1. The van der Waals surface area contributed by atoms with E-state index in [9.17, 15) is 9.59 Å². The molecule has 1 heterocycles. The predicted molar refractivity (Wildman–Crippen MR) is 101 cm³/mol. The van der Waals surface area contributed by atoms with Crippen molar-refractivity contribution in [3.05, 3.63) is 59.8 Å². The number of carbonyl (C=O) groups excluding carboxylic acids is 1. The molecule has 3 aromatic rings. The molecule has 0 saturated carbocycles. The van der Waals surface area contributed by atoms with Crippen LogP contribution in [0, 0.1) is 0 Å². The van der Waals surface area contributed by atoms with E-state index in [-0.39, 0.29) is 17.7 Å². The van der Waals surface area contributed by atoms with Crippen molar-refractivity contribution in [2.24, 2.45) is 0 Å². The van der Waals surface area contributed by atoms with Crippen molar-refractivity contribution in [3.8, 4) is 5.75 Å². The highest BCUT2D eigenvalue weighted by atomic mass is 16.5. The van der Waals surface area contributed by atoms with E-state index in [1.165, 1.54) is 18.3 Å². The first-order valence-corrected chi connectivity index (χ1v) is 8.28. The van der Waals surface area contributed by atoms with Crippen molar-refractivity contribution < 1.29 is 24.2 Å². The molecule has 0 atom stereocenters. The summed E-state index contributed by atoms with van der Waals surface area (Å²) in [5, 5.41) is 12.9. The van der Waals surface area contributed by atoms with Gasteiger partial charge >= 0.3 is 11.9 Å². The summed E-state index contributed by atoms with van der Waals surface area (Å²) in [6.07, 6.45) is 1.44. The van der Waals surface area contributed by atoms with Crippen LogP contribution in [0.5, 0.6) is 5.75 Å². The molecule has 0 aliphatic heterocycles. The molecule has 7 heteroatoms. The van der Waals surface area contributed by atoms with Crippen LogP contribution < -0.4 is 10.1 Å². The molecule has 0 aliphatic rings. The Balaban J connectivity index is 2.13. The first-order chi connectivity index (χ1) is 13.0. The highest BCUT2D eigenvalue weighted by molar-refractivity contribution is 6.07. The number of anilines is 2. The van der Waals surface area contributed by atoms with E-state index in [0.717, 1.165) is 0 Å². The lowest BCUT2D eigenvalue weighted by Crippen LogP contribution is -2.09. The van der Waals surface area contributed by atoms with Gasteiger partial charge in [-0.2, -0.15) is 0 Å². The van der Waals surface area contributed by atoms with Crippen LogP contribution in [-0.4, -0.2) is 35.7 Å². The maximum Gasteiger partial charge on any atom is 0.341 e. The number of carboxylic acid groups (broad SMARTS) is 1. The molecule has 0 fully saturated rings. The molecule has 1 aromatic heterocycles. The fraction of sp³-hybridized carbons (Fsp3) is 0.150. The fourth-order valence-corrected chi connectivity index (χ4v) is 2.70. The van der Waals surface area contributed by atoms with Gasteiger partial charge in [-0.3, -0.25) is 4.98 Å². The maximum atomic E-state index is 12.4. The molecule has 7 nitrogen and oxygen atoms in total. The molecule has 2 N–H and O–H groups in total. The van der Waals surface area contributed by atoms with Gasteiger partial charge in [0, 0.05) is 17.3 Å². The smallest absolute Gasteiger partial charge is 0.341 e. The first-order valence-electron chi connectivity index (χ1n) is 8.28. The number of ether oxygens (including phenoxy) is 2. The number of aromatic nitrogens is 1. The van der Waals surface area contributed by atoms with Gasteiger partial charge in [-0.05, 0) is 37.3 Å². The van der Waals surface area contributed by atoms with Gasteiger partial charge in [0.1, 0.15) is 16.8 Å². The summed E-state index contributed by atoms with van der Waals surface area (Å²) in [4.78, 5) is 27.8. The van der Waals surface area contributed by atoms with E-state index in [2.05, 4.69) is 10.3 Å². The van der Waals surface area contributed by atoms with Gasteiger partial charge in [-0.1, -0.05) is 12.1 Å². The minimum Gasteiger partial charge on any atom is -0.494 e. The molecule has 0 spiro atoms. The number of esters is 1. The van der Waals surface area contributed by atoms with Gasteiger partial charge in [-0.25, -0.2) is 9.59 Å². The molecule has 138 valence electrons. The van der Waals surface area contributed by atoms with Gasteiger partial charge in [0.05, 0.1) is 25.0 Å². The number of para-hydroxylation sites is 1. The Morgan fingerprint density at radius 3 is 2.52 bits per heavy atom. The van der Waals surface area contributed by atoms with Gasteiger partial charge in [-0.15, -0.1) is 0 Å². The second-order valence-electron chi connectivity index (χ2n) is 5.63. The van der Waals surface area contributed by atoms with Gasteiger partial charge in [0.15, 0.2) is 0 Å². The average Bonchev–Trinajstić information content (AvgIpc) is 2.68. The molecule has 3 rings (SSSR count). The standard InChI is InChI=1S/C20H18N2O5/c1-3-27-20(25)15-11-21-18-14(5-4-6-16(18)26-2)17(15)22-13-9-7-12(8-10-13)19(23)24/h4-11H,3H2,1-2H3,(H,21,22)(H,23,24). The molecule has 0 amide bonds. The topological polar surface area (TPSA) is 97.8 Å². The van der Waals surface area contributed by atoms with Crippen LogP contribution in [0.3, 0.4) is 0 Å². The third kappa shape index (κ3) is 3.67. The summed E-state index contributed by atoms with van der Waals surface area (Å²) in [5.74, 6) is -0.931. The van der Waals surface area contributed by atoms with E-state index >= 15 is 0 Å². The Labute approximate surface area is 155 Å². The Kier molecular flexibility index (Phi) is 5.21. The number of hydrogen-bond acceptors (Lipinski definition) is 6. The monoisotopic (exact) mass is 366 g/mol. The van der Waals surface area contributed by atoms with E-state index in [0.29, 0.717) is 28.0 Å². The zero-order chi connectivity index (χ0) is 19.4. The van der Waals surface area contributed by atoms with E-state index < -0.39 is 11.9 Å². The van der Waals surface area contributed by atoms with Crippen LogP contribution >= 0.6 is 0 Å². The van der Waals surface area contributed by atoms with Gasteiger partial charge in [0.25, 0.3) is 0 Å². The number of nitrogens with one attached hydrogen (secondary N) is 1. The number of aromatic carboxylic acids is 1. The van der Waals surface area contributed by atoms with Crippen LogP contribution in [0.25, 0.3) is 10.9 Å². The van der Waals surface area contributed by atoms with Crippen LogP contribution in [0.4, 0.5) is 11.4 Å². The van der Waals surface area contributed by atoms with Gasteiger partial charge in [0.2, 0.25) is 0 Å². The van der Waals surface area contributed by atoms with Gasteiger partial charge < -0.3 is 19.9 Å². The molecule has 0 radical (unpaired) electrons. The predicted octanol–water partition coefficient (Wildman–Crippen LogP) is 3.86. The van der Waals surface area contributed by atoms with Crippen LogP contribution in [0.1, 0.15) is 27.6 Å². The van der Waals surface area contributed by atoms with Crippen molar-refractivity contribution in [1.29, 1.82) is 0 Å². The highest BCUT2D eigenvalue weighted by Gasteiger charge is 2.18. The molecule has 2 aromatic carbocycles. The van der Waals surface area contributed by atoms with Crippen LogP contribution in [0.15, 0.2) is 48.7 Å². The molecular weight excluding hydrogens is 348 g/mol. The molecule has 0 saturated heterocycles. The van der Waals surface area contributed by atoms with Crippen molar-refractivity contribution in [2.75, 3.05) is 19.0 Å². The Morgan fingerprint density at radius 1 is 1.15 bits per heavy atom. The van der Waals surface area contributed by atoms with Crippen molar-refractivity contribution in [3.63, 3.8) is 0 Å². The number of pyridine rings is 1. The van der Waals surface area contributed by atoms with Crippen LogP contribution in [0.2, 0.25) is 0 Å². The summed E-state index contributed by atoms with van der Waals surface area (Å²) < 4.78 is 10.5. The number of fused-ring (bicyclic) bond motifs is 1. The van der Waals surface area contributed by atoms with E-state index in [1.54, 1.807) is 38.3 Å². The number of benzene rings is 2. The lowest BCUT2D eigenvalue weighted by molar-refractivity contribution is 0.0526. The van der Waals surface area contributed by atoms with Crippen molar-refractivity contribution in [2.45, 2.75) is 6.92 Å². The Morgan fingerprint density at radius 2 is 1.89 bits per heavy atom.